The number of nitrogens with one attached hydrogen (secondary N) is 2. The highest BCUT2D eigenvalue weighted by atomic mass is 35.5. The summed E-state index contributed by atoms with van der Waals surface area (Å²) >= 11 is 7.24. The minimum absolute atomic E-state index is 0.0717. The van der Waals surface area contributed by atoms with Crippen molar-refractivity contribution in [1.29, 1.82) is 0 Å². The summed E-state index contributed by atoms with van der Waals surface area (Å²) in [4.78, 5) is 43.0. The molecule has 8 nitrogen and oxygen atoms in total. The number of carbonyl (C=O) groups excluding carboxylic acids is 3. The molecular weight excluding hydrogens is 512 g/mol. The molecule has 1 aromatic carbocycles. The first kappa shape index (κ1) is 26.2. The molecule has 5 rings (SSSR count). The lowest BCUT2D eigenvalue weighted by atomic mass is 9.84. The molecule has 37 heavy (non-hydrogen) atoms. The quantitative estimate of drug-likeness (QED) is 0.446. The summed E-state index contributed by atoms with van der Waals surface area (Å²) in [5.41, 5.74) is 1.44. The lowest BCUT2D eigenvalue weighted by Crippen LogP contribution is -2.53. The van der Waals surface area contributed by atoms with Crippen LogP contribution in [0.25, 0.3) is 0 Å². The van der Waals surface area contributed by atoms with Crippen molar-refractivity contribution < 1.29 is 19.1 Å². The Bertz CT molecular complexity index is 1120. The molecule has 198 valence electrons. The summed E-state index contributed by atoms with van der Waals surface area (Å²) in [5.74, 6) is 0.792. The highest BCUT2D eigenvalue weighted by Gasteiger charge is 2.34. The van der Waals surface area contributed by atoms with E-state index >= 15 is 0 Å². The van der Waals surface area contributed by atoms with Crippen LogP contribution < -0.4 is 15.5 Å². The SMILES string of the molecule is O=C(NC[C@@H](C(=O)Nc1ccc(N2CCOCC2=O)cc1)N(CC1CCC1)CC1CC1)c1ccc(Cl)s1. The lowest BCUT2D eigenvalue weighted by Gasteiger charge is -2.37. The third kappa shape index (κ3) is 6.90. The fourth-order valence-electron chi connectivity index (χ4n) is 4.81. The van der Waals surface area contributed by atoms with Gasteiger partial charge in [0.25, 0.3) is 11.8 Å². The number of hydrogen-bond acceptors (Lipinski definition) is 6. The minimum atomic E-state index is -0.485. The van der Waals surface area contributed by atoms with Crippen molar-refractivity contribution in [2.75, 3.05) is 49.6 Å². The van der Waals surface area contributed by atoms with E-state index < -0.39 is 6.04 Å². The van der Waals surface area contributed by atoms with E-state index in [0.29, 0.717) is 39.9 Å². The normalized spacial score (nSPS) is 19.0. The van der Waals surface area contributed by atoms with Gasteiger partial charge in [-0.1, -0.05) is 18.0 Å². The average Bonchev–Trinajstić information content (AvgIpc) is 3.58. The van der Waals surface area contributed by atoms with Crippen molar-refractivity contribution in [2.24, 2.45) is 11.8 Å². The molecule has 10 heteroatoms. The van der Waals surface area contributed by atoms with Gasteiger partial charge in [0.1, 0.15) is 12.6 Å². The molecule has 0 bridgehead atoms. The fraction of sp³-hybridized carbons (Fsp3) is 0.519. The zero-order valence-corrected chi connectivity index (χ0v) is 22.4. The molecule has 2 N–H and O–H groups in total. The molecule has 2 aromatic rings. The molecule has 2 saturated carbocycles. The Hall–Kier alpha value is -2.46. The fourth-order valence-corrected chi connectivity index (χ4v) is 5.77. The average molecular weight is 545 g/mol. The van der Waals surface area contributed by atoms with Gasteiger partial charge in [-0.25, -0.2) is 0 Å². The maximum absolute atomic E-state index is 13.6. The Morgan fingerprint density at radius 1 is 1.08 bits per heavy atom. The van der Waals surface area contributed by atoms with Crippen LogP contribution in [0.1, 0.15) is 41.8 Å². The number of hydrogen-bond donors (Lipinski definition) is 2. The number of carbonyl (C=O) groups is 3. The van der Waals surface area contributed by atoms with Crippen LogP contribution >= 0.6 is 22.9 Å². The van der Waals surface area contributed by atoms with Gasteiger partial charge < -0.3 is 20.3 Å². The van der Waals surface area contributed by atoms with E-state index in [-0.39, 0.29) is 30.9 Å². The Morgan fingerprint density at radius 2 is 1.81 bits per heavy atom. The Balaban J connectivity index is 1.28. The molecule has 1 saturated heterocycles. The van der Waals surface area contributed by atoms with Gasteiger partial charge in [-0.15, -0.1) is 11.3 Å². The number of benzene rings is 1. The van der Waals surface area contributed by atoms with Gasteiger partial charge in [-0.05, 0) is 73.9 Å². The number of nitrogens with zero attached hydrogens (tertiary/aromatic N) is 2. The smallest absolute Gasteiger partial charge is 0.261 e. The van der Waals surface area contributed by atoms with Crippen LogP contribution in [0.2, 0.25) is 4.34 Å². The number of thiophene rings is 1. The molecule has 0 radical (unpaired) electrons. The van der Waals surface area contributed by atoms with Crippen LogP contribution in [-0.2, 0) is 14.3 Å². The second kappa shape index (κ2) is 11.9. The lowest BCUT2D eigenvalue weighted by molar-refractivity contribution is -0.125. The van der Waals surface area contributed by atoms with Crippen LogP contribution in [-0.4, -0.2) is 68.1 Å². The summed E-state index contributed by atoms with van der Waals surface area (Å²) in [6.45, 7) is 3.06. The molecular formula is C27H33ClN4O4S. The number of morpholine rings is 1. The molecule has 3 amide bonds. The van der Waals surface area contributed by atoms with Crippen molar-refractivity contribution in [3.63, 3.8) is 0 Å². The second-order valence-electron chi connectivity index (χ2n) is 10.2. The maximum atomic E-state index is 13.6. The molecule has 2 heterocycles. The highest BCUT2D eigenvalue weighted by molar-refractivity contribution is 7.18. The van der Waals surface area contributed by atoms with Crippen LogP contribution in [0, 0.1) is 11.8 Å². The van der Waals surface area contributed by atoms with Crippen molar-refractivity contribution in [1.82, 2.24) is 10.2 Å². The van der Waals surface area contributed by atoms with Crippen LogP contribution in [0.5, 0.6) is 0 Å². The standard InChI is InChI=1S/C27H33ClN4O4S/c28-24-11-10-23(37-24)27(35)29-14-22(31(16-19-4-5-19)15-18-2-1-3-18)26(34)30-20-6-8-21(9-7-20)32-12-13-36-17-25(32)33/h6-11,18-19,22H,1-5,12-17H2,(H,29,35)(H,30,34)/t22-/m0/s1. The first-order valence-corrected chi connectivity index (χ1v) is 14.2. The second-order valence-corrected chi connectivity index (χ2v) is 11.9. The predicted molar refractivity (Wildman–Crippen MR) is 145 cm³/mol. The van der Waals surface area contributed by atoms with Gasteiger partial charge in [-0.3, -0.25) is 19.3 Å². The van der Waals surface area contributed by atoms with E-state index in [4.69, 9.17) is 16.3 Å². The van der Waals surface area contributed by atoms with Gasteiger partial charge in [-0.2, -0.15) is 0 Å². The number of anilines is 2. The predicted octanol–water partition coefficient (Wildman–Crippen LogP) is 4.01. The molecule has 0 unspecified atom stereocenters. The van der Waals surface area contributed by atoms with E-state index in [1.165, 1.54) is 43.4 Å². The monoisotopic (exact) mass is 544 g/mol. The van der Waals surface area contributed by atoms with Crippen molar-refractivity contribution in [3.05, 3.63) is 45.6 Å². The zero-order valence-electron chi connectivity index (χ0n) is 20.8. The zero-order chi connectivity index (χ0) is 25.8. The van der Waals surface area contributed by atoms with E-state index in [0.717, 1.165) is 18.8 Å². The van der Waals surface area contributed by atoms with E-state index in [1.807, 2.05) is 24.3 Å². The van der Waals surface area contributed by atoms with Crippen LogP contribution in [0.3, 0.4) is 0 Å². The van der Waals surface area contributed by atoms with Gasteiger partial charge >= 0.3 is 0 Å². The molecule has 2 aliphatic carbocycles. The van der Waals surface area contributed by atoms with Crippen LogP contribution in [0.15, 0.2) is 36.4 Å². The minimum Gasteiger partial charge on any atom is -0.370 e. The largest absolute Gasteiger partial charge is 0.370 e. The first-order valence-electron chi connectivity index (χ1n) is 13.0. The molecule has 1 aromatic heterocycles. The Morgan fingerprint density at radius 3 is 2.41 bits per heavy atom. The highest BCUT2D eigenvalue weighted by Crippen LogP contribution is 2.33. The molecule has 3 aliphatic rings. The Labute approximate surface area is 226 Å². The third-order valence-electron chi connectivity index (χ3n) is 7.34. The van der Waals surface area contributed by atoms with Crippen molar-refractivity contribution >= 4 is 52.0 Å². The summed E-state index contributed by atoms with van der Waals surface area (Å²) in [6, 6.07) is 10.2. The maximum Gasteiger partial charge on any atom is 0.261 e. The summed E-state index contributed by atoms with van der Waals surface area (Å²) in [5, 5.41) is 6.03. The number of halogens is 1. The molecule has 0 spiro atoms. The molecule has 1 aliphatic heterocycles. The van der Waals surface area contributed by atoms with Gasteiger partial charge in [0, 0.05) is 37.6 Å². The summed E-state index contributed by atoms with van der Waals surface area (Å²) in [7, 11) is 0. The number of ether oxygens (including phenoxy) is 1. The Kier molecular flexibility index (Phi) is 8.44. The van der Waals surface area contributed by atoms with Crippen LogP contribution in [0.4, 0.5) is 11.4 Å². The van der Waals surface area contributed by atoms with Crippen molar-refractivity contribution in [2.45, 2.75) is 38.1 Å². The van der Waals surface area contributed by atoms with E-state index in [2.05, 4.69) is 15.5 Å². The van der Waals surface area contributed by atoms with Crippen molar-refractivity contribution in [3.8, 4) is 0 Å². The number of rotatable bonds is 11. The third-order valence-corrected chi connectivity index (χ3v) is 8.57. The van der Waals surface area contributed by atoms with E-state index in [1.54, 1.807) is 17.0 Å². The van der Waals surface area contributed by atoms with Gasteiger partial charge in [0.2, 0.25) is 5.91 Å². The number of amides is 3. The van der Waals surface area contributed by atoms with E-state index in [9.17, 15) is 14.4 Å². The summed E-state index contributed by atoms with van der Waals surface area (Å²) < 4.78 is 5.77. The molecule has 1 atom stereocenters. The first-order chi connectivity index (χ1) is 18.0. The van der Waals surface area contributed by atoms with Gasteiger partial charge in [0.15, 0.2) is 0 Å². The van der Waals surface area contributed by atoms with Gasteiger partial charge in [0.05, 0.1) is 15.8 Å². The molecule has 3 fully saturated rings. The summed E-state index contributed by atoms with van der Waals surface area (Å²) in [6.07, 6.45) is 6.01. The topological polar surface area (TPSA) is 91.0 Å².